The maximum atomic E-state index is 12.9. The van der Waals surface area contributed by atoms with Crippen molar-refractivity contribution < 1.29 is 9.53 Å². The monoisotopic (exact) mass is 345 g/mol. The Hall–Kier alpha value is -1.59. The van der Waals surface area contributed by atoms with Crippen LogP contribution in [-0.2, 0) is 4.79 Å². The van der Waals surface area contributed by atoms with Gasteiger partial charge in [0.2, 0.25) is 5.91 Å². The lowest BCUT2D eigenvalue weighted by molar-refractivity contribution is -0.140. The summed E-state index contributed by atoms with van der Waals surface area (Å²) in [4.78, 5) is 17.3. The van der Waals surface area contributed by atoms with Gasteiger partial charge in [0.25, 0.3) is 0 Å². The van der Waals surface area contributed by atoms with E-state index < -0.39 is 5.54 Å². The van der Waals surface area contributed by atoms with Gasteiger partial charge >= 0.3 is 0 Å². The maximum absolute atomic E-state index is 12.9. The first-order valence-electron chi connectivity index (χ1n) is 9.50. The molecule has 138 valence electrons. The molecule has 1 unspecified atom stereocenters. The Morgan fingerprint density at radius 3 is 2.48 bits per heavy atom. The van der Waals surface area contributed by atoms with E-state index in [1.54, 1.807) is 7.11 Å². The van der Waals surface area contributed by atoms with Crippen molar-refractivity contribution in [1.29, 1.82) is 0 Å². The van der Waals surface area contributed by atoms with Crippen molar-refractivity contribution in [3.05, 3.63) is 29.8 Å². The number of amides is 1. The third-order valence-corrected chi connectivity index (χ3v) is 5.90. The van der Waals surface area contributed by atoms with Gasteiger partial charge in [-0.2, -0.15) is 0 Å². The lowest BCUT2D eigenvalue weighted by Gasteiger charge is -2.42. The maximum Gasteiger partial charge on any atom is 0.242 e. The summed E-state index contributed by atoms with van der Waals surface area (Å²) in [6.07, 6.45) is 5.04. The Labute approximate surface area is 151 Å². The van der Waals surface area contributed by atoms with Crippen LogP contribution < -0.4 is 10.5 Å². The zero-order valence-electron chi connectivity index (χ0n) is 15.5. The second kappa shape index (κ2) is 7.75. The van der Waals surface area contributed by atoms with Gasteiger partial charge in [0.15, 0.2) is 0 Å². The molecule has 1 amide bonds. The molecule has 2 aliphatic rings. The van der Waals surface area contributed by atoms with Crippen molar-refractivity contribution in [2.75, 3.05) is 33.3 Å². The highest BCUT2D eigenvalue weighted by Gasteiger charge is 2.39. The van der Waals surface area contributed by atoms with Crippen LogP contribution in [0.4, 0.5) is 0 Å². The standard InChI is InChI=1S/C20H31N3O2/c1-16(17-7-6-8-18(15-17)25-2)22-11-13-23(14-12-22)19(24)20(21)9-4-3-5-10-20/h6-8,15-16H,3-5,9-14,21H2,1-2H3. The smallest absolute Gasteiger partial charge is 0.242 e. The molecule has 1 saturated heterocycles. The van der Waals surface area contributed by atoms with Crippen LogP contribution in [-0.4, -0.2) is 54.5 Å². The van der Waals surface area contributed by atoms with E-state index in [1.165, 1.54) is 12.0 Å². The van der Waals surface area contributed by atoms with Crippen molar-refractivity contribution >= 4 is 5.91 Å². The third-order valence-electron chi connectivity index (χ3n) is 5.90. The highest BCUT2D eigenvalue weighted by Crippen LogP contribution is 2.29. The number of carbonyl (C=O) groups is 1. The lowest BCUT2D eigenvalue weighted by Crippen LogP contribution is -2.60. The zero-order valence-corrected chi connectivity index (χ0v) is 15.5. The van der Waals surface area contributed by atoms with Crippen LogP contribution >= 0.6 is 0 Å². The molecule has 0 aromatic heterocycles. The largest absolute Gasteiger partial charge is 0.497 e. The quantitative estimate of drug-likeness (QED) is 0.911. The number of nitrogens with two attached hydrogens (primary N) is 1. The summed E-state index contributed by atoms with van der Waals surface area (Å²) in [5.74, 6) is 1.06. The molecule has 3 rings (SSSR count). The lowest BCUT2D eigenvalue weighted by atomic mass is 9.81. The molecule has 1 heterocycles. The van der Waals surface area contributed by atoms with E-state index in [0.717, 1.165) is 57.6 Å². The van der Waals surface area contributed by atoms with Gasteiger partial charge < -0.3 is 15.4 Å². The molecule has 1 aromatic rings. The Morgan fingerprint density at radius 1 is 1.16 bits per heavy atom. The molecular weight excluding hydrogens is 314 g/mol. The Balaban J connectivity index is 1.58. The van der Waals surface area contributed by atoms with Crippen molar-refractivity contribution in [2.24, 2.45) is 5.73 Å². The van der Waals surface area contributed by atoms with E-state index in [9.17, 15) is 4.79 Å². The second-order valence-corrected chi connectivity index (χ2v) is 7.50. The number of carbonyl (C=O) groups excluding carboxylic acids is 1. The van der Waals surface area contributed by atoms with Crippen molar-refractivity contribution in [3.8, 4) is 5.75 Å². The predicted molar refractivity (Wildman–Crippen MR) is 99.6 cm³/mol. The molecule has 1 aliphatic carbocycles. The fourth-order valence-corrected chi connectivity index (χ4v) is 4.14. The fourth-order valence-electron chi connectivity index (χ4n) is 4.14. The molecule has 5 heteroatoms. The average Bonchev–Trinajstić information content (AvgIpc) is 2.67. The zero-order chi connectivity index (χ0) is 17.9. The number of hydrogen-bond donors (Lipinski definition) is 1. The number of rotatable bonds is 4. The van der Waals surface area contributed by atoms with E-state index in [0.29, 0.717) is 6.04 Å². The minimum absolute atomic E-state index is 0.167. The van der Waals surface area contributed by atoms with E-state index >= 15 is 0 Å². The number of piperazine rings is 1. The number of methoxy groups -OCH3 is 1. The Morgan fingerprint density at radius 2 is 1.84 bits per heavy atom. The van der Waals surface area contributed by atoms with Crippen LogP contribution in [0.15, 0.2) is 24.3 Å². The highest BCUT2D eigenvalue weighted by molar-refractivity contribution is 5.86. The first-order chi connectivity index (χ1) is 12.0. The SMILES string of the molecule is COc1cccc(C(C)N2CCN(C(=O)C3(N)CCCCC3)CC2)c1. The number of nitrogens with zero attached hydrogens (tertiary/aromatic N) is 2. The van der Waals surface area contributed by atoms with Gasteiger partial charge in [-0.1, -0.05) is 31.4 Å². The normalized spacial score (nSPS) is 22.4. The van der Waals surface area contributed by atoms with E-state index in [1.807, 2.05) is 17.0 Å². The average molecular weight is 345 g/mol. The van der Waals surface area contributed by atoms with Crippen LogP contribution in [0.1, 0.15) is 50.6 Å². The molecule has 25 heavy (non-hydrogen) atoms. The Bertz CT molecular complexity index is 590. The van der Waals surface area contributed by atoms with E-state index in [2.05, 4.69) is 24.0 Å². The van der Waals surface area contributed by atoms with Gasteiger partial charge in [0.1, 0.15) is 5.75 Å². The molecule has 0 radical (unpaired) electrons. The molecule has 1 saturated carbocycles. The van der Waals surface area contributed by atoms with Gasteiger partial charge in [-0.25, -0.2) is 0 Å². The molecule has 0 bridgehead atoms. The number of benzene rings is 1. The van der Waals surface area contributed by atoms with E-state index in [-0.39, 0.29) is 5.91 Å². The number of hydrogen-bond acceptors (Lipinski definition) is 4. The summed E-state index contributed by atoms with van der Waals surface area (Å²) in [6.45, 7) is 5.54. The summed E-state index contributed by atoms with van der Waals surface area (Å²) in [5.41, 5.74) is 7.07. The summed E-state index contributed by atoms with van der Waals surface area (Å²) < 4.78 is 5.33. The molecule has 2 fully saturated rings. The van der Waals surface area contributed by atoms with Gasteiger partial charge in [-0.05, 0) is 37.5 Å². The van der Waals surface area contributed by atoms with Crippen LogP contribution in [0, 0.1) is 0 Å². The molecular formula is C20H31N3O2. The van der Waals surface area contributed by atoms with Crippen molar-refractivity contribution in [2.45, 2.75) is 50.6 Å². The molecule has 1 aliphatic heterocycles. The molecule has 1 atom stereocenters. The first-order valence-corrected chi connectivity index (χ1v) is 9.50. The van der Waals surface area contributed by atoms with Gasteiger partial charge in [0.05, 0.1) is 12.6 Å². The predicted octanol–water partition coefficient (Wildman–Crippen LogP) is 2.56. The van der Waals surface area contributed by atoms with Crippen LogP contribution in [0.5, 0.6) is 5.75 Å². The van der Waals surface area contributed by atoms with Crippen LogP contribution in [0.25, 0.3) is 0 Å². The fraction of sp³-hybridized carbons (Fsp3) is 0.650. The Kier molecular flexibility index (Phi) is 5.64. The highest BCUT2D eigenvalue weighted by atomic mass is 16.5. The summed E-state index contributed by atoms with van der Waals surface area (Å²) in [6, 6.07) is 8.55. The van der Waals surface area contributed by atoms with Gasteiger partial charge in [0, 0.05) is 32.2 Å². The van der Waals surface area contributed by atoms with Gasteiger partial charge in [-0.3, -0.25) is 9.69 Å². The second-order valence-electron chi connectivity index (χ2n) is 7.50. The van der Waals surface area contributed by atoms with Crippen molar-refractivity contribution in [3.63, 3.8) is 0 Å². The minimum Gasteiger partial charge on any atom is -0.497 e. The summed E-state index contributed by atoms with van der Waals surface area (Å²) in [5, 5.41) is 0. The van der Waals surface area contributed by atoms with Crippen LogP contribution in [0.3, 0.4) is 0 Å². The third kappa shape index (κ3) is 3.98. The van der Waals surface area contributed by atoms with E-state index in [4.69, 9.17) is 10.5 Å². The summed E-state index contributed by atoms with van der Waals surface area (Å²) in [7, 11) is 1.70. The first kappa shape index (κ1) is 18.2. The number of ether oxygens (including phenoxy) is 1. The minimum atomic E-state index is -0.612. The van der Waals surface area contributed by atoms with Crippen molar-refractivity contribution in [1.82, 2.24) is 9.80 Å². The van der Waals surface area contributed by atoms with Gasteiger partial charge in [-0.15, -0.1) is 0 Å². The molecule has 1 aromatic carbocycles. The molecule has 0 spiro atoms. The topological polar surface area (TPSA) is 58.8 Å². The molecule has 2 N–H and O–H groups in total. The summed E-state index contributed by atoms with van der Waals surface area (Å²) >= 11 is 0. The molecule has 5 nitrogen and oxygen atoms in total. The van der Waals surface area contributed by atoms with Crippen LogP contribution in [0.2, 0.25) is 0 Å².